The van der Waals surface area contributed by atoms with E-state index in [2.05, 4.69) is 32.0 Å². The smallest absolute Gasteiger partial charge is 0.318 e. The summed E-state index contributed by atoms with van der Waals surface area (Å²) in [6.07, 6.45) is 8.61. The predicted octanol–water partition coefficient (Wildman–Crippen LogP) is 5.97. The quantitative estimate of drug-likeness (QED) is 0.103. The van der Waals surface area contributed by atoms with Crippen molar-refractivity contribution in [1.29, 1.82) is 0 Å². The second kappa shape index (κ2) is 13.2. The average molecular weight is 526 g/mol. The molecule has 9 heteroatoms. The molecular formula is C30H31N5O4. The van der Waals surface area contributed by atoms with Crippen molar-refractivity contribution in [2.45, 2.75) is 52.9 Å². The summed E-state index contributed by atoms with van der Waals surface area (Å²) in [6, 6.07) is 19.2. The molecule has 9 nitrogen and oxygen atoms in total. The van der Waals surface area contributed by atoms with E-state index in [1.807, 2.05) is 54.7 Å². The van der Waals surface area contributed by atoms with Gasteiger partial charge in [-0.2, -0.15) is 5.10 Å². The molecule has 39 heavy (non-hydrogen) atoms. The first kappa shape index (κ1) is 27.4. The minimum Gasteiger partial charge on any atom is -0.318 e. The number of oxime groups is 2. The number of hydrogen-bond donors (Lipinski definition) is 0. The number of rotatable bonds is 11. The molecule has 0 spiro atoms. The van der Waals surface area contributed by atoms with E-state index >= 15 is 0 Å². The fourth-order valence-electron chi connectivity index (χ4n) is 4.26. The van der Waals surface area contributed by atoms with Crippen molar-refractivity contribution in [1.82, 2.24) is 14.8 Å². The van der Waals surface area contributed by atoms with Crippen LogP contribution < -0.4 is 0 Å². The zero-order valence-corrected chi connectivity index (χ0v) is 22.3. The number of benzene rings is 2. The number of aromatic nitrogens is 3. The van der Waals surface area contributed by atoms with Gasteiger partial charge in [0.1, 0.15) is 11.4 Å². The van der Waals surface area contributed by atoms with Gasteiger partial charge in [-0.25, -0.2) is 9.59 Å². The normalized spacial score (nSPS) is 12.0. The van der Waals surface area contributed by atoms with Crippen LogP contribution in [-0.2, 0) is 19.3 Å². The number of hydrogen-bond acceptors (Lipinski definition) is 8. The summed E-state index contributed by atoms with van der Waals surface area (Å²) in [5.41, 5.74) is 5.15. The molecule has 0 unspecified atom stereocenters. The molecule has 0 amide bonds. The Balaban J connectivity index is 1.73. The SMILES string of the molecule is CCCCCC/C(=N\OC(C)=O)c1cn(-c2ccc(/C(=N/OC(C)=O)c3cccnn3)cc2)c2ccccc12. The first-order chi connectivity index (χ1) is 19.0. The number of nitrogens with zero attached hydrogens (tertiary/aromatic N) is 5. The van der Waals surface area contributed by atoms with Gasteiger partial charge in [0.2, 0.25) is 0 Å². The standard InChI is InChI=1S/C30H31N5O4/c1-4-5-6-7-12-27(33-38-21(2)36)26-20-35(29-14-9-8-11-25(26)29)24-17-15-23(16-18-24)30(34-39-22(3)37)28-13-10-19-31-32-28/h8-11,13-20H,4-7,12H2,1-3H3/b33-27+,34-30-. The summed E-state index contributed by atoms with van der Waals surface area (Å²) in [5.74, 6) is -0.977. The summed E-state index contributed by atoms with van der Waals surface area (Å²) in [5, 5.41) is 17.3. The van der Waals surface area contributed by atoms with E-state index in [9.17, 15) is 9.59 Å². The topological polar surface area (TPSA) is 108 Å². The molecule has 2 aromatic heterocycles. The first-order valence-electron chi connectivity index (χ1n) is 13.0. The van der Waals surface area contributed by atoms with Crippen LogP contribution >= 0.6 is 0 Å². The van der Waals surface area contributed by atoms with Crippen molar-refractivity contribution in [3.05, 3.63) is 89.9 Å². The highest BCUT2D eigenvalue weighted by Gasteiger charge is 2.17. The molecule has 0 aliphatic carbocycles. The molecule has 0 fully saturated rings. The molecule has 4 aromatic rings. The fourth-order valence-corrected chi connectivity index (χ4v) is 4.26. The summed E-state index contributed by atoms with van der Waals surface area (Å²) < 4.78 is 2.08. The first-order valence-corrected chi connectivity index (χ1v) is 13.0. The third-order valence-corrected chi connectivity index (χ3v) is 6.07. The van der Waals surface area contributed by atoms with Gasteiger partial charge in [-0.05, 0) is 43.2 Å². The van der Waals surface area contributed by atoms with Crippen LogP contribution in [0, 0.1) is 0 Å². The summed E-state index contributed by atoms with van der Waals surface area (Å²) in [6.45, 7) is 4.81. The van der Waals surface area contributed by atoms with Crippen LogP contribution in [0.5, 0.6) is 0 Å². The van der Waals surface area contributed by atoms with Gasteiger partial charge in [0.25, 0.3) is 0 Å². The van der Waals surface area contributed by atoms with Crippen LogP contribution in [0.2, 0.25) is 0 Å². The van der Waals surface area contributed by atoms with Crippen LogP contribution in [0.15, 0.2) is 83.4 Å². The van der Waals surface area contributed by atoms with Crippen LogP contribution in [0.1, 0.15) is 69.7 Å². The Bertz CT molecular complexity index is 1490. The van der Waals surface area contributed by atoms with Gasteiger partial charge >= 0.3 is 11.9 Å². The molecule has 0 atom stereocenters. The fraction of sp³-hybridized carbons (Fsp3) is 0.267. The highest BCUT2D eigenvalue weighted by atomic mass is 16.7. The molecule has 0 bridgehead atoms. The zero-order valence-electron chi connectivity index (χ0n) is 22.3. The minimum absolute atomic E-state index is 0.394. The van der Waals surface area contributed by atoms with Gasteiger partial charge in [0.15, 0.2) is 0 Å². The van der Waals surface area contributed by atoms with Crippen molar-refractivity contribution in [3.8, 4) is 5.69 Å². The monoisotopic (exact) mass is 525 g/mol. The molecule has 2 heterocycles. The lowest BCUT2D eigenvalue weighted by atomic mass is 10.0. The van der Waals surface area contributed by atoms with Gasteiger partial charge < -0.3 is 14.2 Å². The number of carbonyl (C=O) groups is 2. The second-order valence-corrected chi connectivity index (χ2v) is 9.04. The lowest BCUT2D eigenvalue weighted by Gasteiger charge is -2.09. The Labute approximate surface area is 227 Å². The van der Waals surface area contributed by atoms with Gasteiger partial charge in [0, 0.05) is 48.4 Å². The second-order valence-electron chi connectivity index (χ2n) is 9.04. The third-order valence-electron chi connectivity index (χ3n) is 6.07. The molecule has 4 rings (SSSR count). The highest BCUT2D eigenvalue weighted by Crippen LogP contribution is 2.27. The maximum atomic E-state index is 11.5. The maximum absolute atomic E-state index is 11.5. The van der Waals surface area contributed by atoms with Crippen molar-refractivity contribution in [2.24, 2.45) is 10.3 Å². The van der Waals surface area contributed by atoms with Gasteiger partial charge in [-0.15, -0.1) is 5.10 Å². The molecule has 0 N–H and O–H groups in total. The summed E-state index contributed by atoms with van der Waals surface area (Å²) >= 11 is 0. The van der Waals surface area contributed by atoms with Crippen molar-refractivity contribution >= 4 is 34.3 Å². The van der Waals surface area contributed by atoms with E-state index in [4.69, 9.17) is 9.68 Å². The molecule has 200 valence electrons. The highest BCUT2D eigenvalue weighted by molar-refractivity contribution is 6.12. The van der Waals surface area contributed by atoms with Gasteiger partial charge in [0.05, 0.1) is 11.2 Å². The number of carbonyl (C=O) groups excluding carboxylic acids is 2. The largest absolute Gasteiger partial charge is 0.332 e. The van der Waals surface area contributed by atoms with E-state index in [1.165, 1.54) is 13.8 Å². The van der Waals surface area contributed by atoms with E-state index in [-0.39, 0.29) is 0 Å². The number of para-hydroxylation sites is 1. The Morgan fingerprint density at radius 3 is 2.31 bits per heavy atom. The van der Waals surface area contributed by atoms with Crippen molar-refractivity contribution < 1.29 is 19.3 Å². The van der Waals surface area contributed by atoms with E-state index < -0.39 is 11.9 Å². The molecular weight excluding hydrogens is 494 g/mol. The maximum Gasteiger partial charge on any atom is 0.332 e. The van der Waals surface area contributed by atoms with Crippen molar-refractivity contribution in [2.75, 3.05) is 0 Å². The van der Waals surface area contributed by atoms with E-state index in [1.54, 1.807) is 18.3 Å². The molecule has 0 saturated carbocycles. The third kappa shape index (κ3) is 7.01. The minimum atomic E-state index is -0.528. The van der Waals surface area contributed by atoms with Crippen LogP contribution in [0.4, 0.5) is 0 Å². The molecule has 0 radical (unpaired) electrons. The Hall–Kier alpha value is -4.66. The van der Waals surface area contributed by atoms with Crippen LogP contribution in [-0.4, -0.2) is 38.1 Å². The van der Waals surface area contributed by atoms with Crippen molar-refractivity contribution in [3.63, 3.8) is 0 Å². The Morgan fingerprint density at radius 2 is 1.62 bits per heavy atom. The van der Waals surface area contributed by atoms with E-state index in [0.29, 0.717) is 23.4 Å². The Kier molecular flexibility index (Phi) is 9.29. The summed E-state index contributed by atoms with van der Waals surface area (Å²) in [7, 11) is 0. The average Bonchev–Trinajstić information content (AvgIpc) is 3.33. The zero-order chi connectivity index (χ0) is 27.6. The lowest BCUT2D eigenvalue weighted by Crippen LogP contribution is -2.09. The van der Waals surface area contributed by atoms with Gasteiger partial charge in [-0.1, -0.05) is 66.8 Å². The lowest BCUT2D eigenvalue weighted by molar-refractivity contribution is -0.141. The molecule has 0 aliphatic heterocycles. The molecule has 2 aromatic carbocycles. The van der Waals surface area contributed by atoms with Crippen LogP contribution in [0.3, 0.4) is 0 Å². The predicted molar refractivity (Wildman–Crippen MR) is 150 cm³/mol. The van der Waals surface area contributed by atoms with Crippen LogP contribution in [0.25, 0.3) is 16.6 Å². The Morgan fingerprint density at radius 1 is 0.872 bits per heavy atom. The molecule has 0 saturated heterocycles. The number of fused-ring (bicyclic) bond motifs is 1. The van der Waals surface area contributed by atoms with Gasteiger partial charge in [-0.3, -0.25) is 0 Å². The number of unbranched alkanes of at least 4 members (excludes halogenated alkanes) is 3. The molecule has 0 aliphatic rings. The summed E-state index contributed by atoms with van der Waals surface area (Å²) in [4.78, 5) is 33.0. The van der Waals surface area contributed by atoms with E-state index in [0.717, 1.165) is 53.5 Å².